The summed E-state index contributed by atoms with van der Waals surface area (Å²) in [6.07, 6.45) is 7.33. The monoisotopic (exact) mass is 561 g/mol. The van der Waals surface area contributed by atoms with Gasteiger partial charge in [0, 0.05) is 43.3 Å². The smallest absolute Gasteiger partial charge is 0.320 e. The topological polar surface area (TPSA) is 56.7 Å². The molecule has 0 spiro atoms. The van der Waals surface area contributed by atoms with Gasteiger partial charge in [0.15, 0.2) is 0 Å². The summed E-state index contributed by atoms with van der Waals surface area (Å²) < 4.78 is 14.2. The Hall–Kier alpha value is -2.61. The number of carboxylic acids is 1. The van der Waals surface area contributed by atoms with Crippen LogP contribution in [0.4, 0.5) is 4.39 Å². The van der Waals surface area contributed by atoms with Crippen molar-refractivity contribution in [2.75, 3.05) is 32.7 Å². The summed E-state index contributed by atoms with van der Waals surface area (Å²) in [6.45, 7) is 4.42. The Morgan fingerprint density at radius 2 is 1.85 bits per heavy atom. The summed E-state index contributed by atoms with van der Waals surface area (Å²) in [7, 11) is 0. The molecule has 0 amide bonds. The number of thiazole rings is 1. The van der Waals surface area contributed by atoms with E-state index in [-0.39, 0.29) is 11.7 Å². The summed E-state index contributed by atoms with van der Waals surface area (Å²) in [5.74, 6) is 0.547. The maximum absolute atomic E-state index is 14.2. The van der Waals surface area contributed by atoms with E-state index < -0.39 is 12.0 Å². The van der Waals surface area contributed by atoms with Gasteiger partial charge in [0.25, 0.3) is 0 Å². The number of rotatable bonds is 10. The van der Waals surface area contributed by atoms with Gasteiger partial charge < -0.3 is 10.0 Å². The largest absolute Gasteiger partial charge is 0.480 e. The molecule has 0 radical (unpaired) electrons. The summed E-state index contributed by atoms with van der Waals surface area (Å²) in [5.41, 5.74) is 3.54. The van der Waals surface area contributed by atoms with Crippen LogP contribution in [0.25, 0.3) is 0 Å². The van der Waals surface area contributed by atoms with Crippen molar-refractivity contribution in [1.82, 2.24) is 14.8 Å². The van der Waals surface area contributed by atoms with Crippen LogP contribution in [-0.4, -0.2) is 64.6 Å². The predicted molar refractivity (Wildman–Crippen MR) is 157 cm³/mol. The second-order valence-electron chi connectivity index (χ2n) is 12.2. The van der Waals surface area contributed by atoms with E-state index in [1.165, 1.54) is 28.8 Å². The van der Waals surface area contributed by atoms with Crippen molar-refractivity contribution in [3.63, 3.8) is 0 Å². The van der Waals surface area contributed by atoms with Gasteiger partial charge in [0.05, 0.1) is 10.7 Å². The molecule has 40 heavy (non-hydrogen) atoms. The van der Waals surface area contributed by atoms with Crippen LogP contribution < -0.4 is 0 Å². The molecule has 1 aliphatic carbocycles. The summed E-state index contributed by atoms with van der Waals surface area (Å²) in [6, 6.07) is 17.1. The average molecular weight is 562 g/mol. The minimum atomic E-state index is -0.707. The minimum Gasteiger partial charge on any atom is -0.480 e. The number of aliphatic carboxylic acids is 1. The van der Waals surface area contributed by atoms with Gasteiger partial charge in [-0.2, -0.15) is 0 Å². The highest BCUT2D eigenvalue weighted by Gasteiger charge is 2.41. The van der Waals surface area contributed by atoms with E-state index in [0.717, 1.165) is 70.3 Å². The maximum atomic E-state index is 14.2. The first kappa shape index (κ1) is 27.6. The molecular formula is C33H40FN3O2S. The van der Waals surface area contributed by atoms with Crippen molar-refractivity contribution in [1.29, 1.82) is 0 Å². The number of halogens is 1. The molecule has 1 aromatic heterocycles. The molecule has 212 valence electrons. The van der Waals surface area contributed by atoms with Crippen molar-refractivity contribution in [3.05, 3.63) is 87.6 Å². The average Bonchev–Trinajstić information content (AvgIpc) is 3.56. The van der Waals surface area contributed by atoms with Crippen LogP contribution in [0.2, 0.25) is 0 Å². The number of hydrogen-bond donors (Lipinski definition) is 1. The van der Waals surface area contributed by atoms with E-state index in [1.54, 1.807) is 23.5 Å². The van der Waals surface area contributed by atoms with Gasteiger partial charge in [0.1, 0.15) is 11.9 Å². The van der Waals surface area contributed by atoms with Crippen LogP contribution in [0.5, 0.6) is 0 Å². The van der Waals surface area contributed by atoms with Gasteiger partial charge >= 0.3 is 5.97 Å². The van der Waals surface area contributed by atoms with Crippen molar-refractivity contribution in [2.24, 2.45) is 11.8 Å². The molecule has 3 aromatic rings. The van der Waals surface area contributed by atoms with Crippen LogP contribution in [0.1, 0.15) is 72.2 Å². The first-order chi connectivity index (χ1) is 19.5. The normalized spacial score (nSPS) is 23.7. The third-order valence-electron chi connectivity index (χ3n) is 9.52. The van der Waals surface area contributed by atoms with E-state index in [9.17, 15) is 14.3 Å². The van der Waals surface area contributed by atoms with Crippen molar-refractivity contribution >= 4 is 17.3 Å². The Bertz CT molecular complexity index is 1270. The molecule has 1 N–H and O–H groups in total. The van der Waals surface area contributed by atoms with E-state index in [2.05, 4.69) is 39.4 Å². The van der Waals surface area contributed by atoms with Gasteiger partial charge in [-0.3, -0.25) is 9.69 Å². The molecule has 6 rings (SSSR count). The number of aromatic nitrogens is 1. The molecule has 3 unspecified atom stereocenters. The first-order valence-electron chi connectivity index (χ1n) is 14.9. The Balaban J connectivity index is 1.09. The van der Waals surface area contributed by atoms with Crippen LogP contribution in [-0.2, 0) is 11.2 Å². The zero-order chi connectivity index (χ0) is 27.5. The molecular weight excluding hydrogens is 521 g/mol. The predicted octanol–water partition coefficient (Wildman–Crippen LogP) is 6.41. The zero-order valence-electron chi connectivity index (χ0n) is 23.1. The summed E-state index contributed by atoms with van der Waals surface area (Å²) in [4.78, 5) is 22.1. The quantitative estimate of drug-likeness (QED) is 0.310. The fourth-order valence-corrected chi connectivity index (χ4v) is 7.93. The second-order valence-corrected chi connectivity index (χ2v) is 13.1. The molecule has 1 saturated carbocycles. The third-order valence-corrected chi connectivity index (χ3v) is 10.4. The highest BCUT2D eigenvalue weighted by atomic mass is 32.1. The maximum Gasteiger partial charge on any atom is 0.320 e. The van der Waals surface area contributed by atoms with Gasteiger partial charge in [-0.25, -0.2) is 9.37 Å². The Kier molecular flexibility index (Phi) is 8.61. The number of carboxylic acid groups (broad SMARTS) is 1. The second kappa shape index (κ2) is 12.5. The molecule has 2 aliphatic heterocycles. The molecule has 3 fully saturated rings. The number of carbonyl (C=O) groups is 1. The summed E-state index contributed by atoms with van der Waals surface area (Å²) >= 11 is 1.77. The standard InChI is InChI=1S/C33H40FN3O2S/c34-28-11-5-10-26(18-28)29-21-37(31(33(38)39)16-23-8-4-9-23)20-27(29)19-36-14-12-25(13-15-36)30-22-40-32(35-30)17-24-6-2-1-3-7-24/h1-3,5-7,10-11,18,22-23,25,27,29,31H,4,8-9,12-17,19-21H2,(H,38,39). The molecule has 5 nitrogen and oxygen atoms in total. The molecule has 2 saturated heterocycles. The SMILES string of the molecule is O=C(O)C(CC1CCC1)N1CC(CN2CCC(c3csc(Cc4ccccc4)n3)CC2)C(c2cccc(F)c2)C1. The fourth-order valence-electron chi connectivity index (χ4n) is 7.02. The Morgan fingerprint density at radius 3 is 2.55 bits per heavy atom. The van der Waals surface area contributed by atoms with Gasteiger partial charge in [-0.15, -0.1) is 11.3 Å². The number of piperidine rings is 1. The molecule has 3 atom stereocenters. The van der Waals surface area contributed by atoms with Crippen LogP contribution >= 0.6 is 11.3 Å². The van der Waals surface area contributed by atoms with E-state index in [0.29, 0.717) is 24.3 Å². The molecule has 3 aliphatic rings. The third kappa shape index (κ3) is 6.48. The van der Waals surface area contributed by atoms with Gasteiger partial charge in [-0.05, 0) is 67.4 Å². The summed E-state index contributed by atoms with van der Waals surface area (Å²) in [5, 5.41) is 13.5. The zero-order valence-corrected chi connectivity index (χ0v) is 23.9. The van der Waals surface area contributed by atoms with Crippen molar-refractivity contribution in [2.45, 2.75) is 62.8 Å². The lowest BCUT2D eigenvalue weighted by Gasteiger charge is -2.34. The molecule has 2 aromatic carbocycles. The lowest BCUT2D eigenvalue weighted by molar-refractivity contribution is -0.144. The van der Waals surface area contributed by atoms with E-state index in [1.807, 2.05) is 12.1 Å². The number of likely N-dealkylation sites (tertiary alicyclic amines) is 2. The molecule has 3 heterocycles. The van der Waals surface area contributed by atoms with E-state index >= 15 is 0 Å². The van der Waals surface area contributed by atoms with Gasteiger partial charge in [-0.1, -0.05) is 61.7 Å². The fraction of sp³-hybridized carbons (Fsp3) is 0.515. The van der Waals surface area contributed by atoms with Gasteiger partial charge in [0.2, 0.25) is 0 Å². The van der Waals surface area contributed by atoms with Crippen molar-refractivity contribution in [3.8, 4) is 0 Å². The Labute approximate surface area is 241 Å². The highest BCUT2D eigenvalue weighted by Crippen LogP contribution is 2.39. The van der Waals surface area contributed by atoms with Crippen LogP contribution in [0.15, 0.2) is 60.0 Å². The lowest BCUT2D eigenvalue weighted by Crippen LogP contribution is -2.43. The van der Waals surface area contributed by atoms with Crippen LogP contribution in [0.3, 0.4) is 0 Å². The minimum absolute atomic E-state index is 0.149. The number of nitrogens with zero attached hydrogens (tertiary/aromatic N) is 3. The number of hydrogen-bond acceptors (Lipinski definition) is 5. The van der Waals surface area contributed by atoms with Crippen LogP contribution in [0, 0.1) is 17.7 Å². The van der Waals surface area contributed by atoms with E-state index in [4.69, 9.17) is 4.98 Å². The number of benzene rings is 2. The van der Waals surface area contributed by atoms with Crippen molar-refractivity contribution < 1.29 is 14.3 Å². The molecule has 0 bridgehead atoms. The Morgan fingerprint density at radius 1 is 1.05 bits per heavy atom. The molecule has 7 heteroatoms. The first-order valence-corrected chi connectivity index (χ1v) is 15.8. The highest BCUT2D eigenvalue weighted by molar-refractivity contribution is 7.09. The lowest BCUT2D eigenvalue weighted by atomic mass is 9.80.